The normalized spacial score (nSPS) is 14.4. The molecular formula is C17H22BrNS. The van der Waals surface area contributed by atoms with Gasteiger partial charge in [-0.05, 0) is 41.5 Å². The smallest absolute Gasteiger partial charge is 0.0442 e. The molecule has 108 valence electrons. The fraction of sp³-hybridized carbons (Fsp3) is 0.412. The highest BCUT2D eigenvalue weighted by Gasteiger charge is 2.21. The Bertz CT molecular complexity index is 522. The molecule has 2 unspecified atom stereocenters. The summed E-state index contributed by atoms with van der Waals surface area (Å²) in [6.45, 7) is 6.81. The number of rotatable bonds is 6. The third-order valence-corrected chi connectivity index (χ3v) is 5.01. The van der Waals surface area contributed by atoms with Gasteiger partial charge in [-0.3, -0.25) is 0 Å². The van der Waals surface area contributed by atoms with E-state index in [0.29, 0.717) is 18.0 Å². The van der Waals surface area contributed by atoms with Gasteiger partial charge in [-0.25, -0.2) is 0 Å². The molecule has 0 spiro atoms. The van der Waals surface area contributed by atoms with Crippen LogP contribution in [0.1, 0.15) is 49.7 Å². The maximum Gasteiger partial charge on any atom is 0.0442 e. The Morgan fingerprint density at radius 1 is 1.20 bits per heavy atom. The van der Waals surface area contributed by atoms with Crippen molar-refractivity contribution in [3.05, 3.63) is 56.7 Å². The minimum Gasteiger partial charge on any atom is -0.302 e. The van der Waals surface area contributed by atoms with Gasteiger partial charge in [0.05, 0.1) is 0 Å². The van der Waals surface area contributed by atoms with E-state index in [2.05, 4.69) is 83.8 Å². The molecule has 0 bridgehead atoms. The number of thiophene rings is 1. The molecule has 0 aliphatic carbocycles. The summed E-state index contributed by atoms with van der Waals surface area (Å²) in [5, 5.41) is 6.00. The monoisotopic (exact) mass is 351 g/mol. The summed E-state index contributed by atoms with van der Waals surface area (Å²) in [5.74, 6) is 0.579. The summed E-state index contributed by atoms with van der Waals surface area (Å²) in [6.07, 6.45) is 1.09. The van der Waals surface area contributed by atoms with Gasteiger partial charge in [-0.1, -0.05) is 54.9 Å². The third kappa shape index (κ3) is 3.94. The molecule has 0 saturated heterocycles. The van der Waals surface area contributed by atoms with E-state index < -0.39 is 0 Å². The lowest BCUT2D eigenvalue weighted by Gasteiger charge is -2.27. The van der Waals surface area contributed by atoms with E-state index in [4.69, 9.17) is 0 Å². The van der Waals surface area contributed by atoms with Crippen molar-refractivity contribution in [2.75, 3.05) is 0 Å². The predicted octanol–water partition coefficient (Wildman–Crippen LogP) is 5.95. The van der Waals surface area contributed by atoms with Crippen LogP contribution in [0, 0.1) is 5.92 Å². The van der Waals surface area contributed by atoms with Crippen molar-refractivity contribution in [3.63, 3.8) is 0 Å². The van der Waals surface area contributed by atoms with Crippen molar-refractivity contribution in [2.45, 2.75) is 39.3 Å². The molecule has 1 N–H and O–H groups in total. The first kappa shape index (κ1) is 15.7. The van der Waals surface area contributed by atoms with Gasteiger partial charge < -0.3 is 5.32 Å². The number of halogens is 1. The molecule has 1 heterocycles. The van der Waals surface area contributed by atoms with Crippen molar-refractivity contribution in [3.8, 4) is 0 Å². The quantitative estimate of drug-likeness (QED) is 0.677. The van der Waals surface area contributed by atoms with Crippen LogP contribution in [0.3, 0.4) is 0 Å². The molecule has 2 aromatic rings. The zero-order chi connectivity index (χ0) is 14.5. The standard InChI is InChI=1S/C17H22BrNS/c1-4-15(13-7-5-8-14(18)11-13)19-17(12(2)3)16-9-6-10-20-16/h5-12,15,17,19H,4H2,1-3H3. The van der Waals surface area contributed by atoms with Gasteiger partial charge in [0.1, 0.15) is 0 Å². The van der Waals surface area contributed by atoms with Crippen LogP contribution in [0.25, 0.3) is 0 Å². The average molecular weight is 352 g/mol. The van der Waals surface area contributed by atoms with E-state index in [1.807, 2.05) is 11.3 Å². The molecule has 2 rings (SSSR count). The van der Waals surface area contributed by atoms with Crippen LogP contribution in [0.5, 0.6) is 0 Å². The van der Waals surface area contributed by atoms with Gasteiger partial charge in [-0.15, -0.1) is 11.3 Å². The van der Waals surface area contributed by atoms with Gasteiger partial charge in [0.25, 0.3) is 0 Å². The fourth-order valence-electron chi connectivity index (χ4n) is 2.46. The Balaban J connectivity index is 2.19. The Morgan fingerprint density at radius 2 is 2.00 bits per heavy atom. The topological polar surface area (TPSA) is 12.0 Å². The van der Waals surface area contributed by atoms with Crippen molar-refractivity contribution < 1.29 is 0 Å². The van der Waals surface area contributed by atoms with Crippen molar-refractivity contribution in [2.24, 2.45) is 5.92 Å². The first-order valence-corrected chi connectivity index (χ1v) is 8.84. The van der Waals surface area contributed by atoms with Crippen LogP contribution in [-0.2, 0) is 0 Å². The average Bonchev–Trinajstić information content (AvgIpc) is 2.93. The third-order valence-electron chi connectivity index (χ3n) is 3.56. The number of nitrogens with one attached hydrogen (secondary N) is 1. The second-order valence-corrected chi connectivity index (χ2v) is 7.31. The summed E-state index contributed by atoms with van der Waals surface area (Å²) in [4.78, 5) is 1.42. The van der Waals surface area contributed by atoms with Crippen LogP contribution in [-0.4, -0.2) is 0 Å². The molecule has 0 fully saturated rings. The molecule has 1 aromatic heterocycles. The molecule has 0 radical (unpaired) electrons. The molecule has 0 aliphatic rings. The lowest BCUT2D eigenvalue weighted by atomic mass is 9.98. The Labute approximate surface area is 134 Å². The summed E-state index contributed by atoms with van der Waals surface area (Å²) >= 11 is 5.41. The Morgan fingerprint density at radius 3 is 2.55 bits per heavy atom. The highest BCUT2D eigenvalue weighted by molar-refractivity contribution is 9.10. The van der Waals surface area contributed by atoms with Crippen molar-refractivity contribution >= 4 is 27.3 Å². The molecule has 2 atom stereocenters. The molecule has 1 nitrogen and oxygen atoms in total. The number of benzene rings is 1. The molecular weight excluding hydrogens is 330 g/mol. The van der Waals surface area contributed by atoms with Gasteiger partial charge in [0.2, 0.25) is 0 Å². The number of hydrogen-bond donors (Lipinski definition) is 1. The van der Waals surface area contributed by atoms with E-state index in [1.165, 1.54) is 10.4 Å². The molecule has 0 aliphatic heterocycles. The lowest BCUT2D eigenvalue weighted by molar-refractivity contribution is 0.361. The molecule has 3 heteroatoms. The summed E-state index contributed by atoms with van der Waals surface area (Å²) in [6, 6.07) is 13.8. The Kier molecular flexibility index (Phi) is 5.82. The van der Waals surface area contributed by atoms with Gasteiger partial charge in [0, 0.05) is 21.4 Å². The molecule has 1 aromatic carbocycles. The maximum atomic E-state index is 3.84. The van der Waals surface area contributed by atoms with E-state index in [9.17, 15) is 0 Å². The minimum absolute atomic E-state index is 0.391. The second kappa shape index (κ2) is 7.39. The SMILES string of the molecule is CCC(NC(c1cccs1)C(C)C)c1cccc(Br)c1. The van der Waals surface area contributed by atoms with E-state index in [1.54, 1.807) is 0 Å². The fourth-order valence-corrected chi connectivity index (χ4v) is 3.84. The highest BCUT2D eigenvalue weighted by Crippen LogP contribution is 2.30. The predicted molar refractivity (Wildman–Crippen MR) is 92.2 cm³/mol. The summed E-state index contributed by atoms with van der Waals surface area (Å²) in [5.41, 5.74) is 1.35. The lowest BCUT2D eigenvalue weighted by Crippen LogP contribution is -2.29. The van der Waals surface area contributed by atoms with Gasteiger partial charge in [0.15, 0.2) is 0 Å². The van der Waals surface area contributed by atoms with Crippen LogP contribution < -0.4 is 5.32 Å². The van der Waals surface area contributed by atoms with Crippen molar-refractivity contribution in [1.29, 1.82) is 0 Å². The zero-order valence-corrected chi connectivity index (χ0v) is 14.7. The second-order valence-electron chi connectivity index (χ2n) is 5.42. The summed E-state index contributed by atoms with van der Waals surface area (Å²) in [7, 11) is 0. The first-order valence-electron chi connectivity index (χ1n) is 7.16. The van der Waals surface area contributed by atoms with Crippen LogP contribution in [0.4, 0.5) is 0 Å². The van der Waals surface area contributed by atoms with Gasteiger partial charge in [-0.2, -0.15) is 0 Å². The first-order chi connectivity index (χ1) is 9.61. The van der Waals surface area contributed by atoms with E-state index in [-0.39, 0.29) is 0 Å². The zero-order valence-electron chi connectivity index (χ0n) is 12.3. The van der Waals surface area contributed by atoms with E-state index >= 15 is 0 Å². The summed E-state index contributed by atoms with van der Waals surface area (Å²) < 4.78 is 1.15. The molecule has 0 saturated carbocycles. The largest absolute Gasteiger partial charge is 0.302 e. The van der Waals surface area contributed by atoms with Gasteiger partial charge >= 0.3 is 0 Å². The molecule has 0 amide bonds. The Hall–Kier alpha value is -0.640. The van der Waals surface area contributed by atoms with Crippen molar-refractivity contribution in [1.82, 2.24) is 5.32 Å². The highest BCUT2D eigenvalue weighted by atomic mass is 79.9. The van der Waals surface area contributed by atoms with Crippen LogP contribution >= 0.6 is 27.3 Å². The molecule has 20 heavy (non-hydrogen) atoms. The van der Waals surface area contributed by atoms with E-state index in [0.717, 1.165) is 10.9 Å². The van der Waals surface area contributed by atoms with Crippen LogP contribution in [0.15, 0.2) is 46.3 Å². The minimum atomic E-state index is 0.391. The maximum absolute atomic E-state index is 3.84. The number of hydrogen-bond acceptors (Lipinski definition) is 2. The van der Waals surface area contributed by atoms with Crippen LogP contribution in [0.2, 0.25) is 0 Å².